The zero-order chi connectivity index (χ0) is 35.4. The molecule has 14 heteroatoms. The van der Waals surface area contributed by atoms with Crippen LogP contribution in [0.1, 0.15) is 92.8 Å². The quantitative estimate of drug-likeness (QED) is 0.142. The number of amides is 2. The second kappa shape index (κ2) is 12.6. The lowest BCUT2D eigenvalue weighted by Crippen LogP contribution is -2.44. The normalized spacial score (nSPS) is 19.0. The molecule has 2 aromatic heterocycles. The van der Waals surface area contributed by atoms with Crippen molar-refractivity contribution in [3.63, 3.8) is 0 Å². The van der Waals surface area contributed by atoms with Crippen LogP contribution in [0.15, 0.2) is 16.9 Å². The minimum absolute atomic E-state index is 0.0112. The zero-order valence-corrected chi connectivity index (χ0v) is 28.1. The number of carbonyl (C=O) groups is 4. The molecular weight excluding hydrogens is 639 g/mol. The lowest BCUT2D eigenvalue weighted by molar-refractivity contribution is -0.172. The van der Waals surface area contributed by atoms with Crippen LogP contribution in [0.4, 0.5) is 9.18 Å². The molecule has 0 spiro atoms. The summed E-state index contributed by atoms with van der Waals surface area (Å²) in [6.45, 7) is 8.26. The van der Waals surface area contributed by atoms with Crippen molar-refractivity contribution in [2.45, 2.75) is 97.1 Å². The molecule has 2 aliphatic heterocycles. The van der Waals surface area contributed by atoms with Gasteiger partial charge in [-0.2, -0.15) is 0 Å². The Labute approximate surface area is 281 Å². The summed E-state index contributed by atoms with van der Waals surface area (Å²) in [5, 5.41) is 17.5. The molecule has 0 saturated heterocycles. The molecule has 0 unspecified atom stereocenters. The number of halogens is 1. The third kappa shape index (κ3) is 6.13. The molecule has 1 aliphatic carbocycles. The molecule has 0 bridgehead atoms. The Bertz CT molecular complexity index is 1980. The SMILES string of the molecule is CC[C@@]1(O)C(=O)OCc2c1cc1n(c2=O)Cc2c-1nc1cc(F)c(C)c3c1c2[C@@H](NC(=O)OCCNC(=O)CCC(=O)OC(C)(C)C)CC3. The number of aliphatic hydroxyl groups is 1. The number of aryl methyl sites for hydroxylation is 1. The predicted molar refractivity (Wildman–Crippen MR) is 173 cm³/mol. The van der Waals surface area contributed by atoms with Crippen LogP contribution in [0.25, 0.3) is 22.3 Å². The number of hydrogen-bond donors (Lipinski definition) is 3. The van der Waals surface area contributed by atoms with Crippen molar-refractivity contribution in [3.8, 4) is 11.4 Å². The van der Waals surface area contributed by atoms with Gasteiger partial charge in [0.2, 0.25) is 5.91 Å². The molecule has 4 heterocycles. The molecule has 1 aromatic carbocycles. The van der Waals surface area contributed by atoms with E-state index >= 15 is 4.39 Å². The van der Waals surface area contributed by atoms with Crippen LogP contribution in [0, 0.1) is 12.7 Å². The first-order valence-electron chi connectivity index (χ1n) is 16.4. The Hall–Kier alpha value is -4.85. The van der Waals surface area contributed by atoms with Gasteiger partial charge in [0.15, 0.2) is 5.60 Å². The second-order valence-electron chi connectivity index (χ2n) is 13.6. The molecule has 2 amide bonds. The number of rotatable bonds is 8. The molecule has 260 valence electrons. The van der Waals surface area contributed by atoms with E-state index in [2.05, 4.69) is 10.6 Å². The van der Waals surface area contributed by atoms with E-state index in [0.29, 0.717) is 51.8 Å². The van der Waals surface area contributed by atoms with Crippen molar-refractivity contribution in [2.75, 3.05) is 13.2 Å². The average Bonchev–Trinajstić information content (AvgIpc) is 3.41. The standard InChI is InChI=1S/C35H39FN4O9/c1-6-35(46)21-13-25-30-19(15-40(25)31(43)20(21)16-48-32(35)44)29-23(8-7-18-17(2)22(36)14-24(38-30)28(18)29)39-33(45)47-12-11-37-26(41)9-10-27(42)49-34(3,4)5/h13-14,23,46H,6-12,15-16H2,1-5H3,(H,37,41)(H,39,45)/t23-,35-/m0/s1. The van der Waals surface area contributed by atoms with E-state index in [1.165, 1.54) is 10.6 Å². The molecule has 3 aromatic rings. The van der Waals surface area contributed by atoms with Gasteiger partial charge in [-0.05, 0) is 69.7 Å². The van der Waals surface area contributed by atoms with Gasteiger partial charge in [0.25, 0.3) is 5.56 Å². The maximum Gasteiger partial charge on any atom is 0.407 e. The highest BCUT2D eigenvalue weighted by Crippen LogP contribution is 2.46. The van der Waals surface area contributed by atoms with Gasteiger partial charge >= 0.3 is 18.0 Å². The summed E-state index contributed by atoms with van der Waals surface area (Å²) in [6.07, 6.45) is -0.0220. The highest BCUT2D eigenvalue weighted by Gasteiger charge is 2.46. The van der Waals surface area contributed by atoms with Crippen LogP contribution in [0.3, 0.4) is 0 Å². The van der Waals surface area contributed by atoms with Crippen LogP contribution in [-0.2, 0) is 53.8 Å². The van der Waals surface area contributed by atoms with Gasteiger partial charge < -0.3 is 34.5 Å². The van der Waals surface area contributed by atoms with Crippen LogP contribution < -0.4 is 16.2 Å². The molecule has 3 aliphatic rings. The van der Waals surface area contributed by atoms with E-state index in [1.54, 1.807) is 40.7 Å². The Morgan fingerprint density at radius 2 is 1.92 bits per heavy atom. The fraction of sp³-hybridized carbons (Fsp3) is 0.486. The van der Waals surface area contributed by atoms with Gasteiger partial charge in [0, 0.05) is 29.0 Å². The van der Waals surface area contributed by atoms with Gasteiger partial charge in [-0.1, -0.05) is 6.92 Å². The number of nitrogens with zero attached hydrogens (tertiary/aromatic N) is 2. The minimum atomic E-state index is -2.00. The number of pyridine rings is 2. The molecular formula is C35H39FN4O9. The van der Waals surface area contributed by atoms with Crippen molar-refractivity contribution >= 4 is 34.8 Å². The Kier molecular flexibility index (Phi) is 8.72. The summed E-state index contributed by atoms with van der Waals surface area (Å²) < 4.78 is 32.4. The van der Waals surface area contributed by atoms with E-state index in [0.717, 1.165) is 5.56 Å². The van der Waals surface area contributed by atoms with Crippen molar-refractivity contribution in [3.05, 3.63) is 61.7 Å². The Morgan fingerprint density at radius 3 is 2.63 bits per heavy atom. The summed E-state index contributed by atoms with van der Waals surface area (Å²) in [6, 6.07) is 2.35. The summed E-state index contributed by atoms with van der Waals surface area (Å²) in [7, 11) is 0. The van der Waals surface area contributed by atoms with Gasteiger partial charge in [-0.3, -0.25) is 14.4 Å². The molecule has 13 nitrogen and oxygen atoms in total. The maximum absolute atomic E-state index is 15.1. The lowest BCUT2D eigenvalue weighted by atomic mass is 9.81. The largest absolute Gasteiger partial charge is 0.460 e. The number of fused-ring (bicyclic) bond motifs is 5. The van der Waals surface area contributed by atoms with Gasteiger partial charge in [0.1, 0.15) is 24.6 Å². The number of hydrogen-bond acceptors (Lipinski definition) is 10. The summed E-state index contributed by atoms with van der Waals surface area (Å²) in [5.41, 5.74) is 0.970. The third-order valence-electron chi connectivity index (χ3n) is 9.30. The van der Waals surface area contributed by atoms with Crippen molar-refractivity contribution in [2.24, 2.45) is 0 Å². The van der Waals surface area contributed by atoms with Crippen LogP contribution in [-0.4, -0.2) is 57.3 Å². The highest BCUT2D eigenvalue weighted by atomic mass is 19.1. The summed E-state index contributed by atoms with van der Waals surface area (Å²) in [4.78, 5) is 68.2. The summed E-state index contributed by atoms with van der Waals surface area (Å²) >= 11 is 0. The topological polar surface area (TPSA) is 175 Å². The lowest BCUT2D eigenvalue weighted by Gasteiger charge is -2.31. The van der Waals surface area contributed by atoms with Crippen molar-refractivity contribution < 1.29 is 42.9 Å². The molecule has 0 radical (unpaired) electrons. The van der Waals surface area contributed by atoms with E-state index in [9.17, 15) is 29.1 Å². The summed E-state index contributed by atoms with van der Waals surface area (Å²) in [5.74, 6) is -2.14. The first kappa shape index (κ1) is 34.0. The highest BCUT2D eigenvalue weighted by molar-refractivity contribution is 5.93. The number of ether oxygens (including phenoxy) is 3. The number of esters is 2. The third-order valence-corrected chi connectivity index (χ3v) is 9.30. The van der Waals surface area contributed by atoms with Crippen LogP contribution >= 0.6 is 0 Å². The zero-order valence-electron chi connectivity index (χ0n) is 28.1. The van der Waals surface area contributed by atoms with Gasteiger partial charge in [0.05, 0.1) is 48.0 Å². The van der Waals surface area contributed by atoms with Crippen molar-refractivity contribution in [1.29, 1.82) is 0 Å². The Balaban J connectivity index is 1.24. The van der Waals surface area contributed by atoms with E-state index in [1.807, 2.05) is 0 Å². The van der Waals surface area contributed by atoms with Gasteiger partial charge in [-0.15, -0.1) is 0 Å². The second-order valence-corrected chi connectivity index (χ2v) is 13.6. The number of alkyl carbamates (subject to hydrolysis) is 1. The minimum Gasteiger partial charge on any atom is -0.460 e. The van der Waals surface area contributed by atoms with Crippen LogP contribution in [0.5, 0.6) is 0 Å². The molecule has 3 N–H and O–H groups in total. The number of cyclic esters (lactones) is 1. The number of benzene rings is 1. The smallest absolute Gasteiger partial charge is 0.407 e. The first-order valence-corrected chi connectivity index (χ1v) is 16.4. The van der Waals surface area contributed by atoms with E-state index in [4.69, 9.17) is 19.2 Å². The monoisotopic (exact) mass is 678 g/mol. The fourth-order valence-electron chi connectivity index (χ4n) is 6.91. The average molecular weight is 679 g/mol. The first-order chi connectivity index (χ1) is 23.1. The maximum atomic E-state index is 15.1. The fourth-order valence-corrected chi connectivity index (χ4v) is 6.91. The van der Waals surface area contributed by atoms with Crippen LogP contribution in [0.2, 0.25) is 0 Å². The molecule has 49 heavy (non-hydrogen) atoms. The van der Waals surface area contributed by atoms with E-state index in [-0.39, 0.29) is 62.6 Å². The molecule has 6 rings (SSSR count). The number of aromatic nitrogens is 2. The predicted octanol–water partition coefficient (Wildman–Crippen LogP) is 3.48. The van der Waals surface area contributed by atoms with Crippen molar-refractivity contribution in [1.82, 2.24) is 20.2 Å². The van der Waals surface area contributed by atoms with E-state index < -0.39 is 46.7 Å². The number of nitrogens with one attached hydrogen (secondary N) is 2. The van der Waals surface area contributed by atoms with Gasteiger partial charge in [-0.25, -0.2) is 19.0 Å². The Morgan fingerprint density at radius 1 is 1.16 bits per heavy atom. The molecule has 0 saturated carbocycles. The molecule has 2 atom stereocenters. The molecule has 0 fully saturated rings. The number of carbonyl (C=O) groups excluding carboxylic acids is 4.